The number of aliphatic hydroxyl groups excluding tert-OH is 1. The zero-order valence-electron chi connectivity index (χ0n) is 13.1. The van der Waals surface area contributed by atoms with E-state index >= 15 is 0 Å². The van der Waals surface area contributed by atoms with Crippen molar-refractivity contribution in [1.29, 1.82) is 0 Å². The molecule has 4 nitrogen and oxygen atoms in total. The van der Waals surface area contributed by atoms with E-state index in [9.17, 15) is 15.3 Å². The Morgan fingerprint density at radius 3 is 2.00 bits per heavy atom. The Hall–Kier alpha value is -1.75. The lowest BCUT2D eigenvalue weighted by atomic mass is 10.1. The van der Waals surface area contributed by atoms with Crippen LogP contribution in [0, 0.1) is 0 Å². The van der Waals surface area contributed by atoms with Gasteiger partial charge in [-0.1, -0.05) is 24.3 Å². The third kappa shape index (κ3) is 6.48. The maximum atomic E-state index is 10.1. The molecule has 2 aromatic rings. The summed E-state index contributed by atoms with van der Waals surface area (Å²) in [4.78, 5) is 0. The van der Waals surface area contributed by atoms with Gasteiger partial charge in [-0.05, 0) is 55.2 Å². The first-order chi connectivity index (χ1) is 10.5. The molecule has 5 heteroatoms. The molecule has 0 bridgehead atoms. The molecule has 0 aliphatic heterocycles. The number of aliphatic hydroxyl groups is 1. The van der Waals surface area contributed by atoms with Crippen LogP contribution < -0.4 is 5.32 Å². The number of aromatic hydroxyl groups is 2. The van der Waals surface area contributed by atoms with E-state index in [2.05, 4.69) is 12.2 Å². The van der Waals surface area contributed by atoms with Crippen LogP contribution in [0.25, 0.3) is 0 Å². The highest BCUT2D eigenvalue weighted by atomic mass is 35.5. The van der Waals surface area contributed by atoms with E-state index in [0.29, 0.717) is 6.54 Å². The molecule has 0 saturated carbocycles. The average Bonchev–Trinajstić information content (AvgIpc) is 2.52. The predicted molar refractivity (Wildman–Crippen MR) is 94.2 cm³/mol. The minimum absolute atomic E-state index is 0. The van der Waals surface area contributed by atoms with Crippen molar-refractivity contribution in [2.45, 2.75) is 31.9 Å². The fourth-order valence-corrected chi connectivity index (χ4v) is 2.27. The van der Waals surface area contributed by atoms with Gasteiger partial charge in [-0.2, -0.15) is 0 Å². The highest BCUT2D eigenvalue weighted by Gasteiger charge is 2.09. The van der Waals surface area contributed by atoms with Crippen molar-refractivity contribution < 1.29 is 15.3 Å². The lowest BCUT2D eigenvalue weighted by Gasteiger charge is -2.17. The molecule has 0 amide bonds. The Bertz CT molecular complexity index is 572. The summed E-state index contributed by atoms with van der Waals surface area (Å²) >= 11 is 0. The average molecular weight is 338 g/mol. The number of rotatable bonds is 7. The predicted octanol–water partition coefficient (Wildman–Crippen LogP) is 3.16. The third-order valence-electron chi connectivity index (χ3n) is 3.74. The highest BCUT2D eigenvalue weighted by Crippen LogP contribution is 2.16. The van der Waals surface area contributed by atoms with Crippen LogP contribution in [0.1, 0.15) is 30.6 Å². The van der Waals surface area contributed by atoms with Crippen LogP contribution in [0.2, 0.25) is 0 Å². The second-order valence-electron chi connectivity index (χ2n) is 5.62. The van der Waals surface area contributed by atoms with Crippen LogP contribution in [0.4, 0.5) is 0 Å². The largest absolute Gasteiger partial charge is 0.508 e. The molecule has 2 aromatic carbocycles. The summed E-state index contributed by atoms with van der Waals surface area (Å²) in [5, 5.41) is 31.9. The number of hydrogen-bond donors (Lipinski definition) is 4. The second kappa shape index (κ2) is 9.40. The minimum Gasteiger partial charge on any atom is -0.508 e. The van der Waals surface area contributed by atoms with Gasteiger partial charge in [-0.3, -0.25) is 0 Å². The lowest BCUT2D eigenvalue weighted by molar-refractivity contribution is 0.170. The summed E-state index contributed by atoms with van der Waals surface area (Å²) < 4.78 is 0. The molecule has 0 aromatic heterocycles. The molecule has 0 aliphatic carbocycles. The normalized spacial score (nSPS) is 13.1. The van der Waals surface area contributed by atoms with Crippen LogP contribution >= 0.6 is 12.4 Å². The maximum Gasteiger partial charge on any atom is 0.115 e. The Balaban J connectivity index is 0.00000264. The molecule has 4 N–H and O–H groups in total. The van der Waals surface area contributed by atoms with Crippen molar-refractivity contribution in [1.82, 2.24) is 5.32 Å². The Labute approximate surface area is 143 Å². The molecule has 0 spiro atoms. The summed E-state index contributed by atoms with van der Waals surface area (Å²) in [6, 6.07) is 14.1. The zero-order valence-corrected chi connectivity index (χ0v) is 14.0. The molecule has 0 fully saturated rings. The number of aryl methyl sites for hydroxylation is 1. The van der Waals surface area contributed by atoms with Gasteiger partial charge in [0, 0.05) is 12.6 Å². The number of nitrogens with one attached hydrogen (secondary N) is 1. The summed E-state index contributed by atoms with van der Waals surface area (Å²) in [6.45, 7) is 2.56. The molecule has 126 valence electrons. The van der Waals surface area contributed by atoms with E-state index in [0.717, 1.165) is 18.4 Å². The zero-order chi connectivity index (χ0) is 15.9. The molecule has 0 saturated heterocycles. The molecular formula is C18H24ClNO3. The molecule has 23 heavy (non-hydrogen) atoms. The van der Waals surface area contributed by atoms with Crippen LogP contribution in [0.15, 0.2) is 48.5 Å². The van der Waals surface area contributed by atoms with E-state index in [1.165, 1.54) is 5.56 Å². The van der Waals surface area contributed by atoms with Gasteiger partial charge in [-0.25, -0.2) is 0 Å². The Morgan fingerprint density at radius 2 is 1.43 bits per heavy atom. The van der Waals surface area contributed by atoms with Gasteiger partial charge in [-0.15, -0.1) is 12.4 Å². The molecule has 0 unspecified atom stereocenters. The van der Waals surface area contributed by atoms with E-state index in [4.69, 9.17) is 0 Å². The lowest BCUT2D eigenvalue weighted by Crippen LogP contribution is -2.30. The molecule has 0 aliphatic rings. The number of phenols is 2. The monoisotopic (exact) mass is 337 g/mol. The first kappa shape index (κ1) is 19.3. The van der Waals surface area contributed by atoms with Gasteiger partial charge < -0.3 is 20.6 Å². The first-order valence-electron chi connectivity index (χ1n) is 7.53. The number of phenolic OH excluding ortho intramolecular Hbond substituents is 2. The van der Waals surface area contributed by atoms with Crippen molar-refractivity contribution in [3.05, 3.63) is 59.7 Å². The van der Waals surface area contributed by atoms with Crippen molar-refractivity contribution in [3.63, 3.8) is 0 Å². The van der Waals surface area contributed by atoms with Crippen molar-refractivity contribution >= 4 is 12.4 Å². The van der Waals surface area contributed by atoms with Gasteiger partial charge in [0.05, 0.1) is 6.10 Å². The van der Waals surface area contributed by atoms with Gasteiger partial charge in [0.15, 0.2) is 0 Å². The topological polar surface area (TPSA) is 72.7 Å². The van der Waals surface area contributed by atoms with Gasteiger partial charge in [0.25, 0.3) is 0 Å². The van der Waals surface area contributed by atoms with Crippen LogP contribution in [0.5, 0.6) is 11.5 Å². The molecule has 2 atom stereocenters. The van der Waals surface area contributed by atoms with Crippen LogP contribution in [-0.4, -0.2) is 27.9 Å². The number of hydrogen-bond acceptors (Lipinski definition) is 4. The minimum atomic E-state index is -0.586. The summed E-state index contributed by atoms with van der Waals surface area (Å²) in [5.41, 5.74) is 1.97. The number of benzene rings is 2. The Kier molecular flexibility index (Phi) is 7.89. The van der Waals surface area contributed by atoms with Gasteiger partial charge >= 0.3 is 0 Å². The van der Waals surface area contributed by atoms with E-state index < -0.39 is 6.10 Å². The summed E-state index contributed by atoms with van der Waals surface area (Å²) in [5.74, 6) is 0.484. The molecule has 0 radical (unpaired) electrons. The standard InChI is InChI=1S/C18H23NO3.ClH/c1-13(2-3-14-4-8-16(20)9-5-14)19-12-18(22)15-6-10-17(21)11-7-15;/h4-11,13,18-22H,2-3,12H2,1H3;1H/t13-,18+;/m1./s1. The van der Waals surface area contributed by atoms with Crippen molar-refractivity contribution in [2.24, 2.45) is 0 Å². The summed E-state index contributed by atoms with van der Waals surface area (Å²) in [6.07, 6.45) is 1.29. The third-order valence-corrected chi connectivity index (χ3v) is 3.74. The van der Waals surface area contributed by atoms with Crippen molar-refractivity contribution in [2.75, 3.05) is 6.54 Å². The fourth-order valence-electron chi connectivity index (χ4n) is 2.27. The smallest absolute Gasteiger partial charge is 0.115 e. The maximum absolute atomic E-state index is 10.1. The number of halogens is 1. The van der Waals surface area contributed by atoms with E-state index in [-0.39, 0.29) is 29.9 Å². The Morgan fingerprint density at radius 1 is 0.913 bits per heavy atom. The fraction of sp³-hybridized carbons (Fsp3) is 0.333. The van der Waals surface area contributed by atoms with Crippen LogP contribution in [0.3, 0.4) is 0 Å². The molecule has 2 rings (SSSR count). The first-order valence-corrected chi connectivity index (χ1v) is 7.53. The quantitative estimate of drug-likeness (QED) is 0.626. The molecule has 0 heterocycles. The SMILES string of the molecule is C[C@H](CCc1ccc(O)cc1)NC[C@H](O)c1ccc(O)cc1.Cl. The van der Waals surface area contributed by atoms with Crippen LogP contribution in [-0.2, 0) is 6.42 Å². The highest BCUT2D eigenvalue weighted by molar-refractivity contribution is 5.85. The van der Waals surface area contributed by atoms with E-state index in [1.807, 2.05) is 12.1 Å². The second-order valence-corrected chi connectivity index (χ2v) is 5.62. The van der Waals surface area contributed by atoms with Gasteiger partial charge in [0.2, 0.25) is 0 Å². The van der Waals surface area contributed by atoms with Gasteiger partial charge in [0.1, 0.15) is 11.5 Å². The van der Waals surface area contributed by atoms with E-state index in [1.54, 1.807) is 36.4 Å². The molecular weight excluding hydrogens is 314 g/mol. The van der Waals surface area contributed by atoms with Crippen molar-refractivity contribution in [3.8, 4) is 11.5 Å². The summed E-state index contributed by atoms with van der Waals surface area (Å²) in [7, 11) is 0.